The number of pyridine rings is 1. The highest BCUT2D eigenvalue weighted by molar-refractivity contribution is 6.06. The average Bonchev–Trinajstić information content (AvgIpc) is 3.26. The number of aromatic nitrogens is 3. The van der Waals surface area contributed by atoms with Gasteiger partial charge in [0.25, 0.3) is 0 Å². The molecule has 1 saturated carbocycles. The molecule has 1 saturated heterocycles. The fourth-order valence-corrected chi connectivity index (χ4v) is 5.01. The van der Waals surface area contributed by atoms with Gasteiger partial charge in [-0.1, -0.05) is 19.3 Å². The molecule has 0 unspecified atom stereocenters. The molecule has 0 bridgehead atoms. The number of anilines is 1. The van der Waals surface area contributed by atoms with E-state index in [9.17, 15) is 0 Å². The fraction of sp³-hybridized carbons (Fsp3) is 0.600. The Labute approximate surface area is 190 Å². The molecule has 7 heteroatoms. The van der Waals surface area contributed by atoms with E-state index < -0.39 is 0 Å². The summed E-state index contributed by atoms with van der Waals surface area (Å²) in [5.74, 6) is 1.65. The van der Waals surface area contributed by atoms with Gasteiger partial charge in [-0.2, -0.15) is 5.10 Å². The van der Waals surface area contributed by atoms with E-state index in [-0.39, 0.29) is 0 Å². The number of nitrogens with one attached hydrogen (secondary N) is 1. The number of fused-ring (bicyclic) bond motifs is 2. The lowest BCUT2D eigenvalue weighted by atomic mass is 9.89. The molecule has 3 heterocycles. The third-order valence-electron chi connectivity index (χ3n) is 6.92. The first-order valence-electron chi connectivity index (χ1n) is 12.3. The van der Waals surface area contributed by atoms with Crippen molar-refractivity contribution in [3.63, 3.8) is 0 Å². The van der Waals surface area contributed by atoms with E-state index in [1.165, 1.54) is 32.1 Å². The zero-order chi connectivity index (χ0) is 21.8. The van der Waals surface area contributed by atoms with Crippen LogP contribution in [0.3, 0.4) is 0 Å². The number of ether oxygens (including phenoxy) is 2. The number of hydrogen-bond donors (Lipinski definition) is 1. The molecule has 0 amide bonds. The van der Waals surface area contributed by atoms with Gasteiger partial charge in [0, 0.05) is 38.1 Å². The van der Waals surface area contributed by atoms with Crippen molar-refractivity contribution >= 4 is 27.6 Å². The Bertz CT molecular complexity index is 1040. The first kappa shape index (κ1) is 21.5. The second-order valence-corrected chi connectivity index (χ2v) is 9.05. The molecule has 5 rings (SSSR count). The van der Waals surface area contributed by atoms with E-state index in [1.807, 2.05) is 16.9 Å². The van der Waals surface area contributed by atoms with Crippen LogP contribution >= 0.6 is 0 Å². The summed E-state index contributed by atoms with van der Waals surface area (Å²) < 4.78 is 13.6. The van der Waals surface area contributed by atoms with Gasteiger partial charge in [0.05, 0.1) is 36.0 Å². The Morgan fingerprint density at radius 1 is 1.12 bits per heavy atom. The minimum Gasteiger partial charge on any atom is -0.492 e. The predicted octanol–water partition coefficient (Wildman–Crippen LogP) is 4.31. The highest BCUT2D eigenvalue weighted by atomic mass is 16.5. The van der Waals surface area contributed by atoms with Crippen LogP contribution in [-0.2, 0) is 11.3 Å². The Morgan fingerprint density at radius 2 is 1.97 bits per heavy atom. The summed E-state index contributed by atoms with van der Waals surface area (Å²) in [5.41, 5.74) is 3.08. The summed E-state index contributed by atoms with van der Waals surface area (Å²) in [6, 6.07) is 6.27. The van der Waals surface area contributed by atoms with Crippen molar-refractivity contribution in [1.82, 2.24) is 19.7 Å². The van der Waals surface area contributed by atoms with Crippen molar-refractivity contribution in [2.24, 2.45) is 5.92 Å². The highest BCUT2D eigenvalue weighted by Crippen LogP contribution is 2.34. The molecule has 2 aromatic heterocycles. The molecule has 1 aliphatic heterocycles. The number of rotatable bonds is 8. The van der Waals surface area contributed by atoms with E-state index in [0.717, 1.165) is 85.2 Å². The summed E-state index contributed by atoms with van der Waals surface area (Å²) in [4.78, 5) is 7.34. The normalized spacial score (nSPS) is 18.4. The van der Waals surface area contributed by atoms with Crippen molar-refractivity contribution in [1.29, 1.82) is 0 Å². The first-order valence-corrected chi connectivity index (χ1v) is 12.3. The van der Waals surface area contributed by atoms with Gasteiger partial charge in [-0.15, -0.1) is 0 Å². The average molecular weight is 438 g/mol. The van der Waals surface area contributed by atoms with Gasteiger partial charge in [-0.3, -0.25) is 4.90 Å². The van der Waals surface area contributed by atoms with Crippen LogP contribution in [0, 0.1) is 5.92 Å². The highest BCUT2D eigenvalue weighted by Gasteiger charge is 2.18. The van der Waals surface area contributed by atoms with E-state index in [2.05, 4.69) is 34.4 Å². The van der Waals surface area contributed by atoms with E-state index in [1.54, 1.807) is 0 Å². The molecule has 172 valence electrons. The molecule has 3 aromatic rings. The lowest BCUT2D eigenvalue weighted by molar-refractivity contribution is 0.0322. The summed E-state index contributed by atoms with van der Waals surface area (Å²) in [7, 11) is 0. The number of nitrogens with zero attached hydrogens (tertiary/aromatic N) is 4. The monoisotopic (exact) mass is 437 g/mol. The van der Waals surface area contributed by atoms with Gasteiger partial charge in [0.2, 0.25) is 0 Å². The van der Waals surface area contributed by atoms with Crippen molar-refractivity contribution in [2.45, 2.75) is 45.6 Å². The van der Waals surface area contributed by atoms with Gasteiger partial charge in [0.1, 0.15) is 12.4 Å². The maximum atomic E-state index is 6.15. The molecule has 2 aliphatic rings. The molecule has 1 N–H and O–H groups in total. The number of morpholine rings is 1. The molecule has 0 spiro atoms. The SMILES string of the molecule is CCn1ncc2c(NCC3CCCCC3)c3cc(OCCN4CCOCC4)ccc3nc21. The van der Waals surface area contributed by atoms with Crippen LogP contribution in [0.25, 0.3) is 21.9 Å². The molecule has 7 nitrogen and oxygen atoms in total. The van der Waals surface area contributed by atoms with Crippen molar-refractivity contribution in [2.75, 3.05) is 51.3 Å². The van der Waals surface area contributed by atoms with Gasteiger partial charge in [-0.05, 0) is 43.9 Å². The maximum absolute atomic E-state index is 6.15. The number of hydrogen-bond acceptors (Lipinski definition) is 6. The molecule has 0 atom stereocenters. The van der Waals surface area contributed by atoms with Crippen LogP contribution in [0.5, 0.6) is 5.75 Å². The van der Waals surface area contributed by atoms with Crippen molar-refractivity contribution in [3.8, 4) is 5.75 Å². The third-order valence-corrected chi connectivity index (χ3v) is 6.92. The molecular formula is C25H35N5O2. The quantitative estimate of drug-likeness (QED) is 0.567. The van der Waals surface area contributed by atoms with E-state index in [0.29, 0.717) is 6.61 Å². The topological polar surface area (TPSA) is 64.4 Å². The summed E-state index contributed by atoms with van der Waals surface area (Å²) in [6.07, 6.45) is 8.70. The Balaban J connectivity index is 1.39. The molecule has 32 heavy (non-hydrogen) atoms. The van der Waals surface area contributed by atoms with Gasteiger partial charge in [-0.25, -0.2) is 9.67 Å². The summed E-state index contributed by atoms with van der Waals surface area (Å²) in [6.45, 7) is 9.14. The van der Waals surface area contributed by atoms with Crippen LogP contribution in [0.2, 0.25) is 0 Å². The van der Waals surface area contributed by atoms with Crippen LogP contribution < -0.4 is 10.1 Å². The zero-order valence-electron chi connectivity index (χ0n) is 19.2. The molecule has 1 aliphatic carbocycles. The van der Waals surface area contributed by atoms with Crippen LogP contribution in [-0.4, -0.2) is 65.7 Å². The van der Waals surface area contributed by atoms with Gasteiger partial charge < -0.3 is 14.8 Å². The summed E-state index contributed by atoms with van der Waals surface area (Å²) in [5, 5.41) is 10.6. The lowest BCUT2D eigenvalue weighted by Gasteiger charge is -2.26. The van der Waals surface area contributed by atoms with E-state index >= 15 is 0 Å². The standard InChI is InChI=1S/C25H35N5O2/c1-2-30-25-22(18-27-30)24(26-17-19-6-4-3-5-7-19)21-16-20(8-9-23(21)28-25)32-15-12-29-10-13-31-14-11-29/h8-9,16,18-19H,2-7,10-15,17H2,1H3,(H,26,28). The molecule has 0 radical (unpaired) electrons. The zero-order valence-corrected chi connectivity index (χ0v) is 19.2. The van der Waals surface area contributed by atoms with E-state index in [4.69, 9.17) is 14.5 Å². The predicted molar refractivity (Wildman–Crippen MR) is 129 cm³/mol. The minimum absolute atomic E-state index is 0.680. The fourth-order valence-electron chi connectivity index (χ4n) is 5.01. The Morgan fingerprint density at radius 3 is 2.78 bits per heavy atom. The third kappa shape index (κ3) is 4.69. The van der Waals surface area contributed by atoms with Crippen molar-refractivity contribution < 1.29 is 9.47 Å². The largest absolute Gasteiger partial charge is 0.492 e. The number of aryl methyl sites for hydroxylation is 1. The number of benzene rings is 1. The molecule has 1 aromatic carbocycles. The minimum atomic E-state index is 0.680. The second kappa shape index (κ2) is 10.0. The molecular weight excluding hydrogens is 402 g/mol. The first-order chi connectivity index (χ1) is 15.8. The Hall–Kier alpha value is -2.38. The van der Waals surface area contributed by atoms with Crippen LogP contribution in [0.15, 0.2) is 24.4 Å². The van der Waals surface area contributed by atoms with Gasteiger partial charge >= 0.3 is 0 Å². The second-order valence-electron chi connectivity index (χ2n) is 9.05. The van der Waals surface area contributed by atoms with Crippen molar-refractivity contribution in [3.05, 3.63) is 24.4 Å². The van der Waals surface area contributed by atoms with Crippen LogP contribution in [0.4, 0.5) is 5.69 Å². The molecule has 2 fully saturated rings. The lowest BCUT2D eigenvalue weighted by Crippen LogP contribution is -2.38. The van der Waals surface area contributed by atoms with Gasteiger partial charge in [0.15, 0.2) is 5.65 Å². The smallest absolute Gasteiger partial charge is 0.160 e. The summed E-state index contributed by atoms with van der Waals surface area (Å²) >= 11 is 0. The van der Waals surface area contributed by atoms with Crippen LogP contribution in [0.1, 0.15) is 39.0 Å². The maximum Gasteiger partial charge on any atom is 0.160 e. The Kier molecular flexibility index (Phi) is 6.74.